The fraction of sp³-hybridized carbons (Fsp3) is 0.0909. The molecule has 0 fully saturated rings. The average molecular weight is 482 g/mol. The van der Waals surface area contributed by atoms with E-state index in [-0.39, 0.29) is 24.9 Å². The minimum Gasteiger partial charge on any atom is -0.348 e. The summed E-state index contributed by atoms with van der Waals surface area (Å²) < 4.78 is 0. The van der Waals surface area contributed by atoms with Crippen molar-refractivity contribution in [2.24, 2.45) is 0 Å². The molecule has 4 nitrogen and oxygen atoms in total. The predicted octanol–water partition coefficient (Wildman–Crippen LogP) is 6.16. The van der Waals surface area contributed by atoms with Crippen LogP contribution in [0.1, 0.15) is 31.8 Å². The molecule has 154 valence electrons. The van der Waals surface area contributed by atoms with Crippen molar-refractivity contribution in [3.8, 4) is 0 Å². The van der Waals surface area contributed by atoms with Gasteiger partial charge in [-0.3, -0.25) is 9.59 Å². The highest BCUT2D eigenvalue weighted by molar-refractivity contribution is 6.42. The lowest BCUT2D eigenvalue weighted by Crippen LogP contribution is -2.25. The Morgan fingerprint density at radius 2 is 1.03 bits per heavy atom. The van der Waals surface area contributed by atoms with Gasteiger partial charge in [0.1, 0.15) is 0 Å². The Hall–Kier alpha value is -2.24. The molecule has 0 aromatic heterocycles. The van der Waals surface area contributed by atoms with Crippen LogP contribution in [0, 0.1) is 0 Å². The van der Waals surface area contributed by atoms with E-state index in [1.807, 2.05) is 0 Å². The van der Waals surface area contributed by atoms with Crippen LogP contribution in [0.15, 0.2) is 60.7 Å². The van der Waals surface area contributed by atoms with Crippen molar-refractivity contribution in [1.82, 2.24) is 10.6 Å². The van der Waals surface area contributed by atoms with Crippen LogP contribution in [0.2, 0.25) is 20.1 Å². The lowest BCUT2D eigenvalue weighted by molar-refractivity contribution is 0.0950. The highest BCUT2D eigenvalue weighted by atomic mass is 35.5. The van der Waals surface area contributed by atoms with Crippen molar-refractivity contribution in [3.05, 3.63) is 103 Å². The molecule has 3 aromatic rings. The van der Waals surface area contributed by atoms with Crippen LogP contribution in [-0.2, 0) is 13.1 Å². The molecule has 8 heteroatoms. The van der Waals surface area contributed by atoms with Crippen molar-refractivity contribution in [2.75, 3.05) is 0 Å². The maximum absolute atomic E-state index is 12.5. The van der Waals surface area contributed by atoms with E-state index in [9.17, 15) is 9.59 Å². The van der Waals surface area contributed by atoms with Gasteiger partial charge in [0.05, 0.1) is 20.1 Å². The molecule has 0 aliphatic carbocycles. The topological polar surface area (TPSA) is 58.2 Å². The lowest BCUT2D eigenvalue weighted by Gasteiger charge is -2.09. The molecule has 0 aliphatic rings. The fourth-order valence-corrected chi connectivity index (χ4v) is 3.31. The first-order chi connectivity index (χ1) is 14.3. The van der Waals surface area contributed by atoms with Gasteiger partial charge in [-0.2, -0.15) is 0 Å². The van der Waals surface area contributed by atoms with E-state index in [1.54, 1.807) is 54.6 Å². The van der Waals surface area contributed by atoms with Gasteiger partial charge < -0.3 is 10.6 Å². The van der Waals surface area contributed by atoms with Crippen LogP contribution in [0.3, 0.4) is 0 Å². The molecule has 2 N–H and O–H groups in total. The Morgan fingerprint density at radius 1 is 0.600 bits per heavy atom. The number of benzene rings is 3. The zero-order chi connectivity index (χ0) is 21.7. The smallest absolute Gasteiger partial charge is 0.251 e. The summed E-state index contributed by atoms with van der Waals surface area (Å²) in [6.45, 7) is 0.562. The van der Waals surface area contributed by atoms with E-state index in [0.29, 0.717) is 31.2 Å². The first-order valence-electron chi connectivity index (χ1n) is 8.88. The summed E-state index contributed by atoms with van der Waals surface area (Å²) in [4.78, 5) is 24.9. The third-order valence-corrected chi connectivity index (χ3v) is 5.74. The number of halogens is 4. The molecule has 0 bridgehead atoms. The largest absolute Gasteiger partial charge is 0.348 e. The molecule has 2 amide bonds. The maximum atomic E-state index is 12.5. The Balaban J connectivity index is 1.61. The standard InChI is InChI=1S/C22H16Cl4N2O2/c23-17-6-4-13(8-19(17)25)11-27-21(29)15-2-1-3-16(10-15)22(30)28-12-14-5-7-18(24)20(26)9-14/h1-10H,11-12H2,(H,27,29)(H,28,30). The van der Waals surface area contributed by atoms with Gasteiger partial charge in [0.2, 0.25) is 0 Å². The van der Waals surface area contributed by atoms with E-state index in [0.717, 1.165) is 11.1 Å². The maximum Gasteiger partial charge on any atom is 0.251 e. The zero-order valence-corrected chi connectivity index (χ0v) is 18.5. The number of amides is 2. The van der Waals surface area contributed by atoms with E-state index in [4.69, 9.17) is 46.4 Å². The van der Waals surface area contributed by atoms with Gasteiger partial charge in [0, 0.05) is 24.2 Å². The van der Waals surface area contributed by atoms with Crippen LogP contribution in [0.5, 0.6) is 0 Å². The summed E-state index contributed by atoms with van der Waals surface area (Å²) in [6, 6.07) is 16.8. The zero-order valence-electron chi connectivity index (χ0n) is 15.5. The lowest BCUT2D eigenvalue weighted by atomic mass is 10.1. The van der Waals surface area contributed by atoms with Crippen molar-refractivity contribution in [1.29, 1.82) is 0 Å². The molecule has 0 atom stereocenters. The molecule has 0 radical (unpaired) electrons. The van der Waals surface area contributed by atoms with Crippen LogP contribution in [-0.4, -0.2) is 11.8 Å². The number of rotatable bonds is 6. The van der Waals surface area contributed by atoms with E-state index in [1.165, 1.54) is 6.07 Å². The fourth-order valence-electron chi connectivity index (χ4n) is 2.67. The molecule has 0 saturated carbocycles. The van der Waals surface area contributed by atoms with Crippen molar-refractivity contribution in [2.45, 2.75) is 13.1 Å². The molecule has 0 heterocycles. The minimum absolute atomic E-state index is 0.281. The minimum atomic E-state index is -0.305. The van der Waals surface area contributed by atoms with Crippen LogP contribution < -0.4 is 10.6 Å². The second-order valence-corrected chi connectivity index (χ2v) is 8.07. The number of hydrogen-bond acceptors (Lipinski definition) is 2. The van der Waals surface area contributed by atoms with Gasteiger partial charge in [0.25, 0.3) is 11.8 Å². The highest BCUT2D eigenvalue weighted by Crippen LogP contribution is 2.23. The predicted molar refractivity (Wildman–Crippen MR) is 122 cm³/mol. The monoisotopic (exact) mass is 480 g/mol. The van der Waals surface area contributed by atoms with E-state index < -0.39 is 0 Å². The summed E-state index contributed by atoms with van der Waals surface area (Å²) >= 11 is 23.8. The Morgan fingerprint density at radius 3 is 1.43 bits per heavy atom. The molecular formula is C22H16Cl4N2O2. The van der Waals surface area contributed by atoms with Crippen molar-refractivity contribution in [3.63, 3.8) is 0 Å². The second-order valence-electron chi connectivity index (χ2n) is 6.44. The van der Waals surface area contributed by atoms with Gasteiger partial charge in [-0.25, -0.2) is 0 Å². The molecule has 0 unspecified atom stereocenters. The average Bonchev–Trinajstić information content (AvgIpc) is 2.75. The number of carbonyl (C=O) groups is 2. The third-order valence-electron chi connectivity index (χ3n) is 4.26. The first-order valence-corrected chi connectivity index (χ1v) is 10.4. The molecule has 3 aromatic carbocycles. The second kappa shape index (κ2) is 10.2. The molecule has 3 rings (SSSR count). The van der Waals surface area contributed by atoms with Crippen molar-refractivity contribution >= 4 is 58.2 Å². The normalized spacial score (nSPS) is 10.5. The molecular weight excluding hydrogens is 466 g/mol. The van der Waals surface area contributed by atoms with Gasteiger partial charge in [-0.05, 0) is 53.6 Å². The highest BCUT2D eigenvalue weighted by Gasteiger charge is 2.11. The Kier molecular flexibility index (Phi) is 7.62. The quantitative estimate of drug-likeness (QED) is 0.442. The molecule has 30 heavy (non-hydrogen) atoms. The Labute approximate surface area is 194 Å². The molecule has 0 aliphatic heterocycles. The molecule has 0 spiro atoms. The van der Waals surface area contributed by atoms with Gasteiger partial charge in [0.15, 0.2) is 0 Å². The summed E-state index contributed by atoms with van der Waals surface area (Å²) in [5, 5.41) is 7.34. The van der Waals surface area contributed by atoms with E-state index in [2.05, 4.69) is 10.6 Å². The van der Waals surface area contributed by atoms with Crippen molar-refractivity contribution < 1.29 is 9.59 Å². The molecule has 0 saturated heterocycles. The van der Waals surface area contributed by atoms with Gasteiger partial charge >= 0.3 is 0 Å². The van der Waals surface area contributed by atoms with Crippen LogP contribution in [0.4, 0.5) is 0 Å². The third kappa shape index (κ3) is 5.89. The summed E-state index contributed by atoms with van der Waals surface area (Å²) in [7, 11) is 0. The van der Waals surface area contributed by atoms with Gasteiger partial charge in [-0.1, -0.05) is 64.6 Å². The summed E-state index contributed by atoms with van der Waals surface area (Å²) in [5.74, 6) is -0.611. The first kappa shape index (κ1) is 22.4. The van der Waals surface area contributed by atoms with Crippen LogP contribution >= 0.6 is 46.4 Å². The Bertz CT molecular complexity index is 1020. The summed E-state index contributed by atoms with van der Waals surface area (Å²) in [5.41, 5.74) is 2.37. The van der Waals surface area contributed by atoms with E-state index >= 15 is 0 Å². The SMILES string of the molecule is O=C(NCc1ccc(Cl)c(Cl)c1)c1cccc(C(=O)NCc2ccc(Cl)c(Cl)c2)c1. The number of carbonyl (C=O) groups excluding carboxylic acids is 2. The van der Waals surface area contributed by atoms with Gasteiger partial charge in [-0.15, -0.1) is 0 Å². The number of hydrogen-bond donors (Lipinski definition) is 2. The number of nitrogens with one attached hydrogen (secondary N) is 2. The van der Waals surface area contributed by atoms with Crippen LogP contribution in [0.25, 0.3) is 0 Å². The summed E-state index contributed by atoms with van der Waals surface area (Å²) in [6.07, 6.45) is 0.